The number of nitrogens with zero attached hydrogens (tertiary/aromatic N) is 6. The number of aliphatic hydroxyl groups is 1. The molecular weight excluding hydrogens is 742 g/mol. The van der Waals surface area contributed by atoms with Crippen LogP contribution in [0.2, 0.25) is 5.02 Å². The highest BCUT2D eigenvalue weighted by Crippen LogP contribution is 2.60. The Morgan fingerprint density at radius 3 is 2.25 bits per heavy atom. The second-order valence-electron chi connectivity index (χ2n) is 17.5. The maximum Gasteiger partial charge on any atom is 0.257 e. The molecule has 3 aromatic rings. The Labute approximate surface area is 337 Å². The molecule has 0 bridgehead atoms. The summed E-state index contributed by atoms with van der Waals surface area (Å²) in [5.74, 6) is -0.347. The Kier molecular flexibility index (Phi) is 8.92. The number of anilines is 3. The average Bonchev–Trinajstić information content (AvgIpc) is 3.84. The van der Waals surface area contributed by atoms with Crippen LogP contribution in [0, 0.1) is 16.7 Å². The molecule has 1 aliphatic carbocycles. The minimum atomic E-state index is -1.22. The predicted molar refractivity (Wildman–Crippen MR) is 215 cm³/mol. The molecule has 0 radical (unpaired) electrons. The highest BCUT2D eigenvalue weighted by atomic mass is 35.5. The number of imide groups is 1. The van der Waals surface area contributed by atoms with Crippen molar-refractivity contribution in [2.75, 3.05) is 60.5 Å². The zero-order valence-electron chi connectivity index (χ0n) is 32.0. The molecule has 0 aromatic heterocycles. The van der Waals surface area contributed by atoms with Gasteiger partial charge in [-0.3, -0.25) is 29.5 Å². The first-order valence-electron chi connectivity index (χ1n) is 20.6. The van der Waals surface area contributed by atoms with E-state index in [4.69, 9.17) is 16.3 Å². The van der Waals surface area contributed by atoms with Crippen molar-refractivity contribution in [3.63, 3.8) is 0 Å². The fraction of sp³-hybridized carbons (Fsp3) is 0.500. The predicted octanol–water partition coefficient (Wildman–Crippen LogP) is 5.23. The van der Waals surface area contributed by atoms with Crippen molar-refractivity contribution in [1.29, 1.82) is 5.26 Å². The number of nitrogens with one attached hydrogen (secondary N) is 1. The number of benzene rings is 3. The highest BCUT2D eigenvalue weighted by molar-refractivity contribution is 6.32. The zero-order chi connectivity index (χ0) is 39.1. The molecule has 2 unspecified atom stereocenters. The van der Waals surface area contributed by atoms with Gasteiger partial charge in [0, 0.05) is 92.0 Å². The topological polar surface area (TPSA) is 133 Å². The lowest BCUT2D eigenvalue weighted by molar-refractivity contribution is -0.139. The molecule has 7 aliphatic rings. The third-order valence-corrected chi connectivity index (χ3v) is 14.4. The minimum absolute atomic E-state index is 0.141. The van der Waals surface area contributed by atoms with Crippen LogP contribution >= 0.6 is 11.6 Å². The molecule has 57 heavy (non-hydrogen) atoms. The van der Waals surface area contributed by atoms with Crippen LogP contribution in [-0.2, 0) is 9.59 Å². The molecule has 10 rings (SSSR count). The van der Waals surface area contributed by atoms with E-state index >= 15 is 0 Å². The van der Waals surface area contributed by atoms with Crippen LogP contribution in [0.1, 0.15) is 85.5 Å². The molecule has 1 saturated carbocycles. The highest BCUT2D eigenvalue weighted by Gasteiger charge is 2.60. The molecule has 12 nitrogen and oxygen atoms in total. The average molecular weight is 790 g/mol. The Bertz CT molecular complexity index is 2150. The van der Waals surface area contributed by atoms with E-state index in [2.05, 4.69) is 61.3 Å². The van der Waals surface area contributed by atoms with E-state index in [0.29, 0.717) is 33.2 Å². The van der Waals surface area contributed by atoms with Crippen molar-refractivity contribution in [3.05, 3.63) is 82.4 Å². The standard InChI is InChI=1S/C44H48ClN7O5/c45-37-22-31(2-1-28(37)23-46)51-27-43(26-44(51)13-14-44)15-19-49(20-16-43)29-3-6-33(7-4-29)57-34-11-17-48(18-12-34)32-24-50(25-32)30-5-8-35-36(21-30)42(56)52(41(35)55)38-9-10-39(53)47-40(38)54/h1-8,21-22,32,34,38,42,56H,9-20,24-27H2,(H,47,53,54). The number of likely N-dealkylation sites (tertiary alicyclic amines) is 1. The van der Waals surface area contributed by atoms with E-state index < -0.39 is 18.2 Å². The third kappa shape index (κ3) is 6.48. The Balaban J connectivity index is 0.682. The molecule has 5 saturated heterocycles. The van der Waals surface area contributed by atoms with Crippen LogP contribution in [0.25, 0.3) is 0 Å². The van der Waals surface area contributed by atoms with Gasteiger partial charge < -0.3 is 24.5 Å². The van der Waals surface area contributed by atoms with E-state index in [0.717, 1.165) is 75.8 Å². The Hall–Kier alpha value is -4.83. The lowest BCUT2D eigenvalue weighted by atomic mass is 9.76. The number of carbonyl (C=O) groups is 3. The summed E-state index contributed by atoms with van der Waals surface area (Å²) in [4.78, 5) is 48.4. The molecule has 2 spiro atoms. The van der Waals surface area contributed by atoms with Crippen LogP contribution < -0.4 is 24.8 Å². The molecule has 296 valence electrons. The fourth-order valence-electron chi connectivity index (χ4n) is 10.6. The summed E-state index contributed by atoms with van der Waals surface area (Å²) in [6, 6.07) is 21.9. The SMILES string of the molecule is N#Cc1ccc(N2CC3(CCN(c4ccc(OC5CCN(C6CN(c7ccc8c(c7)C(O)N(C7CCC(=O)NC7=O)C8=O)C6)CC5)cc4)CC3)CC23CC3)cc1Cl. The number of amides is 3. The molecule has 6 aliphatic heterocycles. The largest absolute Gasteiger partial charge is 0.490 e. The van der Waals surface area contributed by atoms with E-state index in [1.54, 1.807) is 6.07 Å². The van der Waals surface area contributed by atoms with Crippen molar-refractivity contribution in [2.24, 2.45) is 5.41 Å². The molecule has 2 atom stereocenters. The molecule has 3 aromatic carbocycles. The maximum atomic E-state index is 13.2. The van der Waals surface area contributed by atoms with Crippen LogP contribution in [0.5, 0.6) is 5.75 Å². The van der Waals surface area contributed by atoms with Gasteiger partial charge in [-0.25, -0.2) is 0 Å². The normalized spacial score (nSPS) is 25.8. The van der Waals surface area contributed by atoms with E-state index in [-0.39, 0.29) is 36.3 Å². The first-order valence-corrected chi connectivity index (χ1v) is 21.0. The smallest absolute Gasteiger partial charge is 0.257 e. The van der Waals surface area contributed by atoms with Crippen molar-refractivity contribution < 1.29 is 24.2 Å². The number of rotatable bonds is 7. The summed E-state index contributed by atoms with van der Waals surface area (Å²) in [6.07, 6.45) is 7.33. The third-order valence-electron chi connectivity index (χ3n) is 14.1. The summed E-state index contributed by atoms with van der Waals surface area (Å²) in [6.45, 7) is 6.85. The van der Waals surface area contributed by atoms with Gasteiger partial charge in [0.05, 0.1) is 10.6 Å². The molecule has 3 amide bonds. The Morgan fingerprint density at radius 1 is 0.842 bits per heavy atom. The van der Waals surface area contributed by atoms with Crippen molar-refractivity contribution in [3.8, 4) is 11.8 Å². The second-order valence-corrected chi connectivity index (χ2v) is 17.9. The van der Waals surface area contributed by atoms with Crippen LogP contribution in [0.15, 0.2) is 60.7 Å². The number of ether oxygens (including phenoxy) is 1. The van der Waals surface area contributed by atoms with E-state index in [1.807, 2.05) is 24.3 Å². The van der Waals surface area contributed by atoms with Crippen LogP contribution in [-0.4, -0.2) is 102 Å². The monoisotopic (exact) mass is 789 g/mol. The fourth-order valence-corrected chi connectivity index (χ4v) is 10.9. The van der Waals surface area contributed by atoms with Gasteiger partial charge in [-0.05, 0) is 117 Å². The van der Waals surface area contributed by atoms with Crippen molar-refractivity contribution in [1.82, 2.24) is 15.1 Å². The first-order chi connectivity index (χ1) is 27.6. The number of hydrogen-bond donors (Lipinski definition) is 2. The lowest BCUT2D eigenvalue weighted by Gasteiger charge is -2.48. The first kappa shape index (κ1) is 36.5. The van der Waals surface area contributed by atoms with Crippen LogP contribution in [0.4, 0.5) is 17.1 Å². The molecule has 2 N–H and O–H groups in total. The second kappa shape index (κ2) is 13.9. The van der Waals surface area contributed by atoms with Gasteiger partial charge in [-0.2, -0.15) is 5.26 Å². The van der Waals surface area contributed by atoms with Crippen molar-refractivity contribution >= 4 is 46.4 Å². The van der Waals surface area contributed by atoms with E-state index in [1.165, 1.54) is 42.7 Å². The number of halogens is 1. The summed E-state index contributed by atoms with van der Waals surface area (Å²) in [7, 11) is 0. The van der Waals surface area contributed by atoms with Crippen LogP contribution in [0.3, 0.4) is 0 Å². The zero-order valence-corrected chi connectivity index (χ0v) is 32.8. The van der Waals surface area contributed by atoms with Crippen molar-refractivity contribution in [2.45, 2.75) is 87.7 Å². The number of aliphatic hydroxyl groups excluding tert-OH is 1. The number of piperidine rings is 3. The summed E-state index contributed by atoms with van der Waals surface area (Å²) >= 11 is 6.45. The lowest BCUT2D eigenvalue weighted by Crippen LogP contribution is -2.61. The van der Waals surface area contributed by atoms with Gasteiger partial charge in [0.25, 0.3) is 5.91 Å². The minimum Gasteiger partial charge on any atom is -0.490 e. The van der Waals surface area contributed by atoms with Gasteiger partial charge in [-0.1, -0.05) is 11.6 Å². The number of carbonyl (C=O) groups excluding carboxylic acids is 3. The van der Waals surface area contributed by atoms with E-state index in [9.17, 15) is 24.8 Å². The molecular formula is C44H48ClN7O5. The summed E-state index contributed by atoms with van der Waals surface area (Å²) in [5, 5.41) is 23.3. The summed E-state index contributed by atoms with van der Waals surface area (Å²) in [5.41, 5.74) is 5.40. The maximum absolute atomic E-state index is 13.2. The number of nitriles is 1. The molecule has 6 fully saturated rings. The molecule has 6 heterocycles. The quantitative estimate of drug-likeness (QED) is 0.307. The van der Waals surface area contributed by atoms with Gasteiger partial charge in [0.15, 0.2) is 6.23 Å². The Morgan fingerprint density at radius 2 is 1.56 bits per heavy atom. The number of fused-ring (bicyclic) bond motifs is 1. The van der Waals surface area contributed by atoms with Gasteiger partial charge in [0.1, 0.15) is 24.0 Å². The summed E-state index contributed by atoms with van der Waals surface area (Å²) < 4.78 is 6.49. The number of hydrogen-bond acceptors (Lipinski definition) is 10. The van der Waals surface area contributed by atoms with Gasteiger partial charge in [0.2, 0.25) is 11.8 Å². The molecule has 13 heteroatoms. The van der Waals surface area contributed by atoms with Gasteiger partial charge >= 0.3 is 0 Å². The van der Waals surface area contributed by atoms with Gasteiger partial charge in [-0.15, -0.1) is 0 Å².